The second-order valence-electron chi connectivity index (χ2n) is 6.64. The molecule has 3 heterocycles. The fraction of sp³-hybridized carbons (Fsp3) is 0.250. The molecule has 0 spiro atoms. The first kappa shape index (κ1) is 18.6. The van der Waals surface area contributed by atoms with E-state index in [0.717, 1.165) is 42.2 Å². The predicted octanol–water partition coefficient (Wildman–Crippen LogP) is 4.21. The van der Waals surface area contributed by atoms with Crippen LogP contribution in [-0.4, -0.2) is 29.9 Å². The molecule has 3 N–H and O–H groups in total. The minimum Gasteiger partial charge on any atom is -0.371 e. The van der Waals surface area contributed by atoms with Crippen molar-refractivity contribution in [1.29, 1.82) is 0 Å². The summed E-state index contributed by atoms with van der Waals surface area (Å²) >= 11 is 2.95. The van der Waals surface area contributed by atoms with E-state index in [9.17, 15) is 9.59 Å². The second kappa shape index (κ2) is 8.12. The van der Waals surface area contributed by atoms with E-state index in [2.05, 4.69) is 15.2 Å². The maximum atomic E-state index is 12.7. The highest BCUT2D eigenvalue weighted by molar-refractivity contribution is 7.17. The topological polar surface area (TPSA) is 88.3 Å². The molecular weight excluding hydrogens is 392 g/mol. The Morgan fingerprint density at radius 3 is 2.68 bits per heavy atom. The molecule has 2 aromatic heterocycles. The van der Waals surface area contributed by atoms with Gasteiger partial charge in [-0.2, -0.15) is 11.3 Å². The van der Waals surface area contributed by atoms with Crippen LogP contribution in [0.15, 0.2) is 41.2 Å². The van der Waals surface area contributed by atoms with Crippen LogP contribution in [0.1, 0.15) is 39.3 Å². The highest BCUT2D eigenvalue weighted by Crippen LogP contribution is 2.30. The van der Waals surface area contributed by atoms with Crippen LogP contribution in [0.3, 0.4) is 0 Å². The Hall–Kier alpha value is -2.71. The molecule has 0 aliphatic carbocycles. The summed E-state index contributed by atoms with van der Waals surface area (Å²) in [5, 5.41) is 7.73. The maximum absolute atomic E-state index is 12.7. The van der Waals surface area contributed by atoms with Gasteiger partial charge in [0, 0.05) is 29.7 Å². The minimum atomic E-state index is -0.457. The Bertz CT molecular complexity index is 992. The molecule has 1 saturated heterocycles. The van der Waals surface area contributed by atoms with E-state index in [1.165, 1.54) is 17.8 Å². The summed E-state index contributed by atoms with van der Waals surface area (Å²) in [6.07, 6.45) is 4.95. The molecule has 0 bridgehead atoms. The Morgan fingerprint density at radius 1 is 1.14 bits per heavy atom. The van der Waals surface area contributed by atoms with Crippen LogP contribution in [0.2, 0.25) is 0 Å². The van der Waals surface area contributed by atoms with Crippen molar-refractivity contribution in [2.75, 3.05) is 23.3 Å². The molecule has 1 aliphatic rings. The van der Waals surface area contributed by atoms with E-state index < -0.39 is 5.91 Å². The largest absolute Gasteiger partial charge is 0.371 e. The predicted molar refractivity (Wildman–Crippen MR) is 114 cm³/mol. The van der Waals surface area contributed by atoms with Crippen molar-refractivity contribution in [3.63, 3.8) is 0 Å². The average molecular weight is 413 g/mol. The minimum absolute atomic E-state index is 0.213. The van der Waals surface area contributed by atoms with Crippen molar-refractivity contribution in [2.45, 2.75) is 19.3 Å². The number of aromatic nitrogens is 1. The molecule has 0 radical (unpaired) electrons. The number of nitrogens with two attached hydrogens (primary N) is 1. The Morgan fingerprint density at radius 2 is 1.96 bits per heavy atom. The summed E-state index contributed by atoms with van der Waals surface area (Å²) in [5.74, 6) is -0.670. The number of carbonyl (C=O) groups is 2. The van der Waals surface area contributed by atoms with Gasteiger partial charge in [-0.15, -0.1) is 11.3 Å². The zero-order valence-electron chi connectivity index (χ0n) is 15.2. The van der Waals surface area contributed by atoms with Crippen LogP contribution >= 0.6 is 22.7 Å². The van der Waals surface area contributed by atoms with E-state index in [1.54, 1.807) is 29.7 Å². The zero-order chi connectivity index (χ0) is 19.5. The van der Waals surface area contributed by atoms with Gasteiger partial charge in [0.05, 0.1) is 17.4 Å². The maximum Gasteiger partial charge on any atom is 0.267 e. The van der Waals surface area contributed by atoms with Crippen LogP contribution in [-0.2, 0) is 0 Å². The smallest absolute Gasteiger partial charge is 0.267 e. The second-order valence-corrected chi connectivity index (χ2v) is 8.45. The van der Waals surface area contributed by atoms with Crippen molar-refractivity contribution in [3.05, 3.63) is 51.7 Å². The van der Waals surface area contributed by atoms with Crippen molar-refractivity contribution < 1.29 is 9.59 Å². The molecule has 1 fully saturated rings. The number of rotatable bonds is 5. The van der Waals surface area contributed by atoms with E-state index >= 15 is 0 Å². The van der Waals surface area contributed by atoms with Gasteiger partial charge in [-0.3, -0.25) is 9.59 Å². The lowest BCUT2D eigenvalue weighted by atomic mass is 10.1. The molecule has 2 amide bonds. The molecule has 1 aliphatic heterocycles. The van der Waals surface area contributed by atoms with Gasteiger partial charge >= 0.3 is 0 Å². The summed E-state index contributed by atoms with van der Waals surface area (Å²) in [7, 11) is 0. The first-order valence-corrected chi connectivity index (χ1v) is 10.9. The molecule has 4 rings (SSSR count). The third-order valence-corrected chi connectivity index (χ3v) is 6.44. The van der Waals surface area contributed by atoms with Gasteiger partial charge in [0.1, 0.15) is 9.88 Å². The number of amides is 2. The lowest BCUT2D eigenvalue weighted by Crippen LogP contribution is -2.31. The molecule has 0 saturated carbocycles. The number of thiophene rings is 1. The van der Waals surface area contributed by atoms with Crippen LogP contribution in [0.5, 0.6) is 0 Å². The molecule has 0 unspecified atom stereocenters. The molecule has 144 valence electrons. The summed E-state index contributed by atoms with van der Waals surface area (Å²) in [4.78, 5) is 31.6. The quantitative estimate of drug-likeness (QED) is 0.657. The average Bonchev–Trinajstić information content (AvgIpc) is 3.40. The molecule has 0 atom stereocenters. The van der Waals surface area contributed by atoms with E-state index in [1.807, 2.05) is 22.9 Å². The van der Waals surface area contributed by atoms with Crippen molar-refractivity contribution >= 4 is 45.9 Å². The number of benzene rings is 1. The number of hydrogen-bond donors (Lipinski definition) is 2. The lowest BCUT2D eigenvalue weighted by Gasteiger charge is -2.30. The first-order valence-electron chi connectivity index (χ1n) is 9.10. The number of thiazole rings is 1. The highest BCUT2D eigenvalue weighted by atomic mass is 32.1. The number of primary amides is 1. The van der Waals surface area contributed by atoms with Crippen LogP contribution in [0, 0.1) is 0 Å². The summed E-state index contributed by atoms with van der Waals surface area (Å²) in [6, 6.07) is 7.22. The van der Waals surface area contributed by atoms with E-state index in [0.29, 0.717) is 16.1 Å². The standard InChI is InChI=1S/C20H20N4O2S2/c21-18(25)15-5-4-14(10-16(15)24-7-2-1-3-8-24)23-19(26)17-11-22-20(28-17)13-6-9-27-12-13/h4-6,9-12H,1-3,7-8H2,(H2,21,25)(H,23,26). The van der Waals surface area contributed by atoms with Crippen LogP contribution in [0.25, 0.3) is 10.6 Å². The summed E-state index contributed by atoms with van der Waals surface area (Å²) < 4.78 is 0. The monoisotopic (exact) mass is 412 g/mol. The number of hydrogen-bond acceptors (Lipinski definition) is 6. The van der Waals surface area contributed by atoms with Gasteiger partial charge in [0.15, 0.2) is 0 Å². The Balaban J connectivity index is 1.55. The van der Waals surface area contributed by atoms with Crippen molar-refractivity contribution in [1.82, 2.24) is 4.98 Å². The zero-order valence-corrected chi connectivity index (χ0v) is 16.8. The van der Waals surface area contributed by atoms with Gasteiger partial charge in [0.25, 0.3) is 11.8 Å². The van der Waals surface area contributed by atoms with Gasteiger partial charge in [0.2, 0.25) is 0 Å². The van der Waals surface area contributed by atoms with Crippen LogP contribution in [0.4, 0.5) is 11.4 Å². The molecular formula is C20H20N4O2S2. The molecule has 8 heteroatoms. The van der Waals surface area contributed by atoms with Gasteiger partial charge in [-0.05, 0) is 48.9 Å². The number of nitrogens with one attached hydrogen (secondary N) is 1. The summed E-state index contributed by atoms with van der Waals surface area (Å²) in [5.41, 5.74) is 8.48. The fourth-order valence-electron chi connectivity index (χ4n) is 3.31. The first-order chi connectivity index (χ1) is 13.6. The number of nitrogens with zero attached hydrogens (tertiary/aromatic N) is 2. The molecule has 3 aromatic rings. The molecule has 6 nitrogen and oxygen atoms in total. The van der Waals surface area contributed by atoms with E-state index in [4.69, 9.17) is 5.73 Å². The van der Waals surface area contributed by atoms with Gasteiger partial charge in [-0.25, -0.2) is 4.98 Å². The van der Waals surface area contributed by atoms with Crippen molar-refractivity contribution in [2.24, 2.45) is 5.73 Å². The molecule has 28 heavy (non-hydrogen) atoms. The normalized spacial score (nSPS) is 14.1. The number of carbonyl (C=O) groups excluding carboxylic acids is 2. The molecule has 1 aromatic carbocycles. The Kier molecular flexibility index (Phi) is 5.40. The SMILES string of the molecule is NC(=O)c1ccc(NC(=O)c2cnc(-c3ccsc3)s2)cc1N1CCCCC1. The van der Waals surface area contributed by atoms with Gasteiger partial charge in [-0.1, -0.05) is 0 Å². The third kappa shape index (κ3) is 3.93. The number of anilines is 2. The Labute approximate surface area is 171 Å². The fourth-order valence-corrected chi connectivity index (χ4v) is 4.83. The van der Waals surface area contributed by atoms with Crippen LogP contribution < -0.4 is 16.0 Å². The lowest BCUT2D eigenvalue weighted by molar-refractivity contribution is 0.0998. The van der Waals surface area contributed by atoms with Gasteiger partial charge < -0.3 is 16.0 Å². The highest BCUT2D eigenvalue weighted by Gasteiger charge is 2.19. The van der Waals surface area contributed by atoms with E-state index in [-0.39, 0.29) is 5.91 Å². The summed E-state index contributed by atoms with van der Waals surface area (Å²) in [6.45, 7) is 1.77. The third-order valence-electron chi connectivity index (χ3n) is 4.72. The van der Waals surface area contributed by atoms with Crippen molar-refractivity contribution in [3.8, 4) is 10.6 Å². The number of piperidine rings is 1.